The molecule has 0 saturated carbocycles. The fraction of sp³-hybridized carbons (Fsp3) is 0.269. The number of benzene rings is 3. The predicted molar refractivity (Wildman–Crippen MR) is 135 cm³/mol. The maximum Gasteiger partial charge on any atom is 0.417 e. The Morgan fingerprint density at radius 2 is 1.64 bits per heavy atom. The zero-order valence-electron chi connectivity index (χ0n) is 19.9. The summed E-state index contributed by atoms with van der Waals surface area (Å²) in [5.41, 5.74) is 1.19. The molecule has 0 aliphatic carbocycles. The normalized spacial score (nSPS) is 12.8. The monoisotopic (exact) mass is 538 g/mol. The minimum Gasteiger partial charge on any atom is -0.348 e. The number of anilines is 1. The standard InChI is InChI=1S/C26H26ClF3N2O3S/c1-4-19-7-9-20(10-8-19)18(3)31-25(33)16-32(36(34,35)22-12-5-17(2)6-13-22)21-11-14-24(27)23(15-21)26(28,29)30/h5-15,18H,4,16H2,1-3H3,(H,31,33)/t18-/m1/s1. The number of carbonyl (C=O) groups is 1. The first-order valence-corrected chi connectivity index (χ1v) is 13.0. The first-order chi connectivity index (χ1) is 16.8. The van der Waals surface area contributed by atoms with E-state index in [4.69, 9.17) is 11.6 Å². The second-order valence-electron chi connectivity index (χ2n) is 8.37. The summed E-state index contributed by atoms with van der Waals surface area (Å²) >= 11 is 5.73. The number of hydrogen-bond donors (Lipinski definition) is 1. The summed E-state index contributed by atoms with van der Waals surface area (Å²) in [6.07, 6.45) is -3.96. The van der Waals surface area contributed by atoms with Crippen LogP contribution in [0.4, 0.5) is 18.9 Å². The molecular weight excluding hydrogens is 513 g/mol. The molecule has 1 N–H and O–H groups in total. The van der Waals surface area contributed by atoms with Gasteiger partial charge in [0, 0.05) is 0 Å². The van der Waals surface area contributed by atoms with Gasteiger partial charge in [-0.25, -0.2) is 8.42 Å². The van der Waals surface area contributed by atoms with Gasteiger partial charge < -0.3 is 5.32 Å². The SMILES string of the molecule is CCc1ccc([C@@H](C)NC(=O)CN(c2ccc(Cl)c(C(F)(F)F)c2)S(=O)(=O)c2ccc(C)cc2)cc1. The fourth-order valence-electron chi connectivity index (χ4n) is 3.58. The van der Waals surface area contributed by atoms with Crippen LogP contribution < -0.4 is 9.62 Å². The third-order valence-corrected chi connectivity index (χ3v) is 7.82. The van der Waals surface area contributed by atoms with Gasteiger partial charge in [0.05, 0.1) is 27.2 Å². The Morgan fingerprint density at radius 3 is 2.19 bits per heavy atom. The minimum atomic E-state index is -4.81. The summed E-state index contributed by atoms with van der Waals surface area (Å²) in [5, 5.41) is 2.15. The van der Waals surface area contributed by atoms with E-state index in [9.17, 15) is 26.4 Å². The molecule has 36 heavy (non-hydrogen) atoms. The summed E-state index contributed by atoms with van der Waals surface area (Å²) in [6, 6.07) is 15.7. The Hall–Kier alpha value is -3.04. The van der Waals surface area contributed by atoms with E-state index in [-0.39, 0.29) is 10.6 Å². The molecule has 3 rings (SSSR count). The molecule has 0 unspecified atom stereocenters. The Balaban J connectivity index is 1.97. The van der Waals surface area contributed by atoms with Crippen LogP contribution in [-0.4, -0.2) is 20.9 Å². The summed E-state index contributed by atoms with van der Waals surface area (Å²) in [6.45, 7) is 4.79. The van der Waals surface area contributed by atoms with Gasteiger partial charge in [0.1, 0.15) is 6.54 Å². The van der Waals surface area contributed by atoms with Gasteiger partial charge in [0.15, 0.2) is 0 Å². The van der Waals surface area contributed by atoms with Crippen LogP contribution in [0.15, 0.2) is 71.6 Å². The van der Waals surface area contributed by atoms with E-state index in [0.717, 1.165) is 35.2 Å². The molecule has 0 heterocycles. The highest BCUT2D eigenvalue weighted by atomic mass is 35.5. The average molecular weight is 539 g/mol. The van der Waals surface area contributed by atoms with Crippen molar-refractivity contribution in [2.75, 3.05) is 10.8 Å². The van der Waals surface area contributed by atoms with Crippen molar-refractivity contribution in [3.63, 3.8) is 0 Å². The van der Waals surface area contributed by atoms with Crippen LogP contribution in [0.25, 0.3) is 0 Å². The zero-order valence-corrected chi connectivity index (χ0v) is 21.5. The number of aryl methyl sites for hydroxylation is 2. The third-order valence-electron chi connectivity index (χ3n) is 5.70. The number of amides is 1. The minimum absolute atomic E-state index is 0.160. The number of halogens is 4. The summed E-state index contributed by atoms with van der Waals surface area (Å²) < 4.78 is 68.1. The number of nitrogens with zero attached hydrogens (tertiary/aromatic N) is 1. The molecule has 0 spiro atoms. The second kappa shape index (κ2) is 10.9. The van der Waals surface area contributed by atoms with Crippen molar-refractivity contribution >= 4 is 33.2 Å². The van der Waals surface area contributed by atoms with Gasteiger partial charge in [-0.05, 0) is 61.7 Å². The molecule has 0 radical (unpaired) electrons. The van der Waals surface area contributed by atoms with E-state index in [1.54, 1.807) is 26.0 Å². The average Bonchev–Trinajstić information content (AvgIpc) is 2.82. The second-order valence-corrected chi connectivity index (χ2v) is 10.6. The molecule has 10 heteroatoms. The lowest BCUT2D eigenvalue weighted by Crippen LogP contribution is -2.41. The lowest BCUT2D eigenvalue weighted by molar-refractivity contribution is -0.137. The molecule has 0 bridgehead atoms. The largest absolute Gasteiger partial charge is 0.417 e. The van der Waals surface area contributed by atoms with Crippen molar-refractivity contribution in [2.45, 2.75) is 44.3 Å². The molecule has 0 saturated heterocycles. The lowest BCUT2D eigenvalue weighted by atomic mass is 10.1. The van der Waals surface area contributed by atoms with Crippen LogP contribution in [-0.2, 0) is 27.4 Å². The van der Waals surface area contributed by atoms with Crippen LogP contribution in [0.1, 0.15) is 42.1 Å². The van der Waals surface area contributed by atoms with Crippen LogP contribution in [0.3, 0.4) is 0 Å². The molecule has 5 nitrogen and oxygen atoms in total. The van der Waals surface area contributed by atoms with E-state index in [2.05, 4.69) is 5.32 Å². The maximum absolute atomic E-state index is 13.5. The van der Waals surface area contributed by atoms with Crippen LogP contribution in [0.5, 0.6) is 0 Å². The number of carbonyl (C=O) groups excluding carboxylic acids is 1. The van der Waals surface area contributed by atoms with Gasteiger partial charge in [-0.2, -0.15) is 13.2 Å². The highest BCUT2D eigenvalue weighted by Gasteiger charge is 2.35. The molecule has 0 aromatic heterocycles. The van der Waals surface area contributed by atoms with Gasteiger partial charge in [0.25, 0.3) is 10.0 Å². The van der Waals surface area contributed by atoms with E-state index in [1.807, 2.05) is 31.2 Å². The van der Waals surface area contributed by atoms with Crippen molar-refractivity contribution in [1.29, 1.82) is 0 Å². The molecule has 192 valence electrons. The van der Waals surface area contributed by atoms with E-state index >= 15 is 0 Å². The smallest absolute Gasteiger partial charge is 0.348 e. The number of hydrogen-bond acceptors (Lipinski definition) is 3. The van der Waals surface area contributed by atoms with Crippen LogP contribution in [0.2, 0.25) is 5.02 Å². The summed E-state index contributed by atoms with van der Waals surface area (Å²) in [4.78, 5) is 12.8. The predicted octanol–water partition coefficient (Wildman–Crippen LogP) is 6.30. The highest BCUT2D eigenvalue weighted by molar-refractivity contribution is 7.92. The first kappa shape index (κ1) is 27.5. The number of nitrogens with one attached hydrogen (secondary N) is 1. The Kier molecular flexibility index (Phi) is 8.36. The molecule has 3 aromatic rings. The van der Waals surface area contributed by atoms with Gasteiger partial charge in [-0.1, -0.05) is 60.5 Å². The molecule has 0 aliphatic rings. The summed E-state index contributed by atoms with van der Waals surface area (Å²) in [7, 11) is -4.39. The molecule has 1 atom stereocenters. The van der Waals surface area contributed by atoms with Gasteiger partial charge in [-0.15, -0.1) is 0 Å². The molecule has 0 aliphatic heterocycles. The van der Waals surface area contributed by atoms with Crippen molar-refractivity contribution < 1.29 is 26.4 Å². The number of alkyl halides is 3. The van der Waals surface area contributed by atoms with Gasteiger partial charge in [0.2, 0.25) is 5.91 Å². The fourth-order valence-corrected chi connectivity index (χ4v) is 5.22. The van der Waals surface area contributed by atoms with Crippen LogP contribution in [0, 0.1) is 6.92 Å². The number of rotatable bonds is 8. The highest BCUT2D eigenvalue weighted by Crippen LogP contribution is 2.38. The van der Waals surface area contributed by atoms with E-state index in [0.29, 0.717) is 10.4 Å². The van der Waals surface area contributed by atoms with Crippen molar-refractivity contribution in [1.82, 2.24) is 5.32 Å². The molecule has 3 aromatic carbocycles. The maximum atomic E-state index is 13.5. The topological polar surface area (TPSA) is 66.5 Å². The molecule has 1 amide bonds. The van der Waals surface area contributed by atoms with Crippen LogP contribution >= 0.6 is 11.6 Å². The first-order valence-electron chi connectivity index (χ1n) is 11.2. The van der Waals surface area contributed by atoms with Gasteiger partial charge >= 0.3 is 6.18 Å². The van der Waals surface area contributed by atoms with Crippen molar-refractivity contribution in [3.8, 4) is 0 Å². The lowest BCUT2D eigenvalue weighted by Gasteiger charge is -2.26. The Labute approximate surface area is 213 Å². The quantitative estimate of drug-likeness (QED) is 0.366. The Morgan fingerprint density at radius 1 is 1.03 bits per heavy atom. The van der Waals surface area contributed by atoms with Crippen molar-refractivity contribution in [3.05, 3.63) is 94.0 Å². The molecular formula is C26H26ClF3N2O3S. The third kappa shape index (κ3) is 6.39. The number of sulfonamides is 1. The van der Waals surface area contributed by atoms with E-state index < -0.39 is 45.3 Å². The van der Waals surface area contributed by atoms with Gasteiger partial charge in [-0.3, -0.25) is 9.10 Å². The van der Waals surface area contributed by atoms with Crippen molar-refractivity contribution in [2.24, 2.45) is 0 Å². The molecule has 0 fully saturated rings. The van der Waals surface area contributed by atoms with E-state index in [1.165, 1.54) is 12.1 Å². The zero-order chi connectivity index (χ0) is 26.7. The Bertz CT molecular complexity index is 1330. The summed E-state index contributed by atoms with van der Waals surface area (Å²) in [5.74, 6) is -0.679.